The summed E-state index contributed by atoms with van der Waals surface area (Å²) in [5.74, 6) is -0.929. The number of amides is 2. The molecule has 3 aromatic rings. The Bertz CT molecular complexity index is 1270. The Morgan fingerprint density at radius 3 is 2.33 bits per heavy atom. The second kappa shape index (κ2) is 10.4. The topological polar surface area (TPSA) is 67.2 Å². The highest BCUT2D eigenvalue weighted by molar-refractivity contribution is 5.95. The molecule has 0 radical (unpaired) electrons. The number of benzene rings is 2. The van der Waals surface area contributed by atoms with Gasteiger partial charge in [-0.2, -0.15) is 18.3 Å². The summed E-state index contributed by atoms with van der Waals surface area (Å²) >= 11 is 0. The number of nitrogens with one attached hydrogen (secondary N) is 1. The van der Waals surface area contributed by atoms with Crippen LogP contribution >= 0.6 is 0 Å². The molecule has 9 heteroatoms. The van der Waals surface area contributed by atoms with Gasteiger partial charge in [0.25, 0.3) is 0 Å². The maximum atomic E-state index is 13.4. The summed E-state index contributed by atoms with van der Waals surface area (Å²) in [5, 5.41) is 7.06. The van der Waals surface area contributed by atoms with Gasteiger partial charge >= 0.3 is 6.18 Å². The third kappa shape index (κ3) is 5.84. The standard InChI is InChI=1S/C27H27F3N4O2/c1-18-16-19(2)34(32-18)24-10-9-22(27(28,29)30)17-23(24)31-26(36)21-12-14-33(15-13-21)25(35)11-8-20-6-4-3-5-7-20/h3-11,16-17,21H,12-15H2,1-2H3,(H,31,36). The smallest absolute Gasteiger partial charge is 0.339 e. The summed E-state index contributed by atoms with van der Waals surface area (Å²) in [6.45, 7) is 4.37. The molecule has 1 aromatic heterocycles. The molecule has 2 amide bonds. The van der Waals surface area contributed by atoms with Gasteiger partial charge in [-0.05, 0) is 62.6 Å². The molecule has 2 heterocycles. The fourth-order valence-electron chi connectivity index (χ4n) is 4.30. The maximum absolute atomic E-state index is 13.4. The van der Waals surface area contributed by atoms with Gasteiger partial charge in [-0.25, -0.2) is 4.68 Å². The zero-order valence-electron chi connectivity index (χ0n) is 20.0. The van der Waals surface area contributed by atoms with Gasteiger partial charge in [0.1, 0.15) is 0 Å². The van der Waals surface area contributed by atoms with Crippen LogP contribution in [0.3, 0.4) is 0 Å². The van der Waals surface area contributed by atoms with Gasteiger partial charge in [-0.15, -0.1) is 0 Å². The number of aromatic nitrogens is 2. The first-order chi connectivity index (χ1) is 17.1. The summed E-state index contributed by atoms with van der Waals surface area (Å²) in [4.78, 5) is 27.3. The number of alkyl halides is 3. The first kappa shape index (κ1) is 25.2. The Morgan fingerprint density at radius 2 is 1.72 bits per heavy atom. The SMILES string of the molecule is Cc1cc(C)n(-c2ccc(C(F)(F)F)cc2NC(=O)C2CCN(C(=O)C=Cc3ccccc3)CC2)n1. The van der Waals surface area contributed by atoms with E-state index in [9.17, 15) is 22.8 Å². The van der Waals surface area contributed by atoms with Crippen LogP contribution in [0.5, 0.6) is 0 Å². The van der Waals surface area contributed by atoms with Crippen molar-refractivity contribution >= 4 is 23.6 Å². The van der Waals surface area contributed by atoms with Gasteiger partial charge in [-0.3, -0.25) is 9.59 Å². The highest BCUT2D eigenvalue weighted by Crippen LogP contribution is 2.34. The molecule has 188 valence electrons. The fraction of sp³-hybridized carbons (Fsp3) is 0.296. The Balaban J connectivity index is 1.45. The van der Waals surface area contributed by atoms with E-state index in [1.54, 1.807) is 24.8 Å². The van der Waals surface area contributed by atoms with Crippen molar-refractivity contribution in [3.05, 3.63) is 83.2 Å². The molecular formula is C27H27F3N4O2. The van der Waals surface area contributed by atoms with Crippen LogP contribution in [0.15, 0.2) is 60.7 Å². The molecule has 1 saturated heterocycles. The number of hydrogen-bond acceptors (Lipinski definition) is 3. The number of piperidine rings is 1. The van der Waals surface area contributed by atoms with E-state index in [0.29, 0.717) is 37.3 Å². The van der Waals surface area contributed by atoms with Gasteiger partial charge in [0.2, 0.25) is 11.8 Å². The predicted molar refractivity (Wildman–Crippen MR) is 131 cm³/mol. The van der Waals surface area contributed by atoms with E-state index in [1.807, 2.05) is 36.4 Å². The quantitative estimate of drug-likeness (QED) is 0.481. The lowest BCUT2D eigenvalue weighted by Gasteiger charge is -2.30. The summed E-state index contributed by atoms with van der Waals surface area (Å²) in [6.07, 6.45) is -0.448. The predicted octanol–water partition coefficient (Wildman–Crippen LogP) is 5.40. The van der Waals surface area contributed by atoms with Crippen molar-refractivity contribution in [3.8, 4) is 5.69 Å². The molecule has 1 fully saturated rings. The third-order valence-corrected chi connectivity index (χ3v) is 6.21. The largest absolute Gasteiger partial charge is 0.416 e. The van der Waals surface area contributed by atoms with Crippen molar-refractivity contribution in [3.63, 3.8) is 0 Å². The summed E-state index contributed by atoms with van der Waals surface area (Å²) in [5.41, 5.74) is 1.92. The Kier molecular flexibility index (Phi) is 7.28. The number of nitrogens with zero attached hydrogens (tertiary/aromatic N) is 3. The van der Waals surface area contributed by atoms with E-state index in [1.165, 1.54) is 16.8 Å². The minimum Gasteiger partial charge on any atom is -0.339 e. The van der Waals surface area contributed by atoms with Gasteiger partial charge in [-0.1, -0.05) is 30.3 Å². The van der Waals surface area contributed by atoms with Gasteiger partial charge in [0.15, 0.2) is 0 Å². The van der Waals surface area contributed by atoms with Crippen molar-refractivity contribution in [2.45, 2.75) is 32.9 Å². The average molecular weight is 497 g/mol. The molecule has 4 rings (SSSR count). The first-order valence-electron chi connectivity index (χ1n) is 11.7. The molecule has 1 aliphatic rings. The highest BCUT2D eigenvalue weighted by Gasteiger charge is 2.32. The average Bonchev–Trinajstić information content (AvgIpc) is 3.20. The van der Waals surface area contributed by atoms with Crippen LogP contribution in [0, 0.1) is 19.8 Å². The van der Waals surface area contributed by atoms with E-state index >= 15 is 0 Å². The van der Waals surface area contributed by atoms with Crippen molar-refractivity contribution in [2.24, 2.45) is 5.92 Å². The van der Waals surface area contributed by atoms with Crippen LogP contribution in [0.25, 0.3) is 11.8 Å². The van der Waals surface area contributed by atoms with Crippen LogP contribution in [0.4, 0.5) is 18.9 Å². The summed E-state index contributed by atoms with van der Waals surface area (Å²) in [7, 11) is 0. The Morgan fingerprint density at radius 1 is 1.03 bits per heavy atom. The lowest BCUT2D eigenvalue weighted by atomic mass is 9.95. The lowest BCUT2D eigenvalue weighted by molar-refractivity contribution is -0.137. The molecule has 6 nitrogen and oxygen atoms in total. The molecule has 0 spiro atoms. The van der Waals surface area contributed by atoms with E-state index < -0.39 is 17.7 Å². The number of carbonyl (C=O) groups is 2. The first-order valence-corrected chi connectivity index (χ1v) is 11.7. The van der Waals surface area contributed by atoms with Crippen molar-refractivity contribution in [2.75, 3.05) is 18.4 Å². The fourth-order valence-corrected chi connectivity index (χ4v) is 4.30. The van der Waals surface area contributed by atoms with E-state index in [0.717, 1.165) is 23.4 Å². The second-order valence-corrected chi connectivity index (χ2v) is 8.90. The van der Waals surface area contributed by atoms with Gasteiger partial charge in [0, 0.05) is 30.8 Å². The van der Waals surface area contributed by atoms with Gasteiger partial charge < -0.3 is 10.2 Å². The van der Waals surface area contributed by atoms with E-state index in [-0.39, 0.29) is 17.5 Å². The number of aryl methyl sites for hydroxylation is 2. The monoisotopic (exact) mass is 496 g/mol. The molecule has 0 unspecified atom stereocenters. The van der Waals surface area contributed by atoms with Gasteiger partial charge in [0.05, 0.1) is 22.6 Å². The summed E-state index contributed by atoms with van der Waals surface area (Å²) in [6, 6.07) is 14.5. The van der Waals surface area contributed by atoms with Crippen LogP contribution in [0.1, 0.15) is 35.4 Å². The lowest BCUT2D eigenvalue weighted by Crippen LogP contribution is -2.40. The number of carbonyl (C=O) groups excluding carboxylic acids is 2. The number of hydrogen-bond donors (Lipinski definition) is 1. The Labute approximate surface area is 207 Å². The van der Waals surface area contributed by atoms with Crippen molar-refractivity contribution < 1.29 is 22.8 Å². The molecule has 1 N–H and O–H groups in total. The second-order valence-electron chi connectivity index (χ2n) is 8.90. The minimum absolute atomic E-state index is 0.0466. The van der Waals surface area contributed by atoms with Crippen LogP contribution in [-0.2, 0) is 15.8 Å². The molecule has 0 bridgehead atoms. The van der Waals surface area contributed by atoms with Crippen molar-refractivity contribution in [1.82, 2.24) is 14.7 Å². The molecule has 0 aliphatic carbocycles. The molecule has 1 aliphatic heterocycles. The third-order valence-electron chi connectivity index (χ3n) is 6.21. The van der Waals surface area contributed by atoms with Crippen LogP contribution in [-0.4, -0.2) is 39.6 Å². The maximum Gasteiger partial charge on any atom is 0.416 e. The molecular weight excluding hydrogens is 469 g/mol. The minimum atomic E-state index is -4.55. The number of anilines is 1. The number of likely N-dealkylation sites (tertiary alicyclic amines) is 1. The molecule has 36 heavy (non-hydrogen) atoms. The number of halogens is 3. The van der Waals surface area contributed by atoms with E-state index in [4.69, 9.17) is 0 Å². The molecule has 0 saturated carbocycles. The highest BCUT2D eigenvalue weighted by atomic mass is 19.4. The molecule has 2 aromatic carbocycles. The number of rotatable bonds is 5. The van der Waals surface area contributed by atoms with Crippen LogP contribution < -0.4 is 5.32 Å². The normalized spacial score (nSPS) is 14.9. The van der Waals surface area contributed by atoms with E-state index in [2.05, 4.69) is 10.4 Å². The van der Waals surface area contributed by atoms with Crippen LogP contribution in [0.2, 0.25) is 0 Å². The summed E-state index contributed by atoms with van der Waals surface area (Å²) < 4.78 is 41.7. The molecule has 0 atom stereocenters. The zero-order chi connectivity index (χ0) is 25.9. The van der Waals surface area contributed by atoms with Crippen molar-refractivity contribution in [1.29, 1.82) is 0 Å². The Hall–Kier alpha value is -3.88. The zero-order valence-corrected chi connectivity index (χ0v) is 20.0.